The van der Waals surface area contributed by atoms with Gasteiger partial charge in [0.15, 0.2) is 0 Å². The SMILES string of the molecule is CCNOC(=O)C(=O)O[C@@H]1C[C@H](C)CC[C@H]1C(C)C. The Morgan fingerprint density at radius 1 is 1.26 bits per heavy atom. The third-order valence-corrected chi connectivity index (χ3v) is 3.70. The van der Waals surface area contributed by atoms with E-state index < -0.39 is 11.9 Å². The molecular formula is C14H25NO4. The summed E-state index contributed by atoms with van der Waals surface area (Å²) in [5.74, 6) is -0.576. The van der Waals surface area contributed by atoms with Gasteiger partial charge in [-0.3, -0.25) is 0 Å². The van der Waals surface area contributed by atoms with E-state index in [2.05, 4.69) is 31.1 Å². The summed E-state index contributed by atoms with van der Waals surface area (Å²) in [7, 11) is 0. The van der Waals surface area contributed by atoms with E-state index >= 15 is 0 Å². The lowest BCUT2D eigenvalue weighted by Crippen LogP contribution is -2.38. The molecule has 1 saturated carbocycles. The number of nitrogens with one attached hydrogen (secondary N) is 1. The molecule has 1 rings (SSSR count). The monoisotopic (exact) mass is 271 g/mol. The molecule has 0 aromatic rings. The van der Waals surface area contributed by atoms with Crippen LogP contribution >= 0.6 is 0 Å². The van der Waals surface area contributed by atoms with E-state index in [0.717, 1.165) is 19.3 Å². The minimum absolute atomic E-state index is 0.176. The molecule has 0 bridgehead atoms. The first-order valence-corrected chi connectivity index (χ1v) is 7.10. The van der Waals surface area contributed by atoms with Crippen molar-refractivity contribution in [1.82, 2.24) is 5.48 Å². The van der Waals surface area contributed by atoms with Crippen molar-refractivity contribution in [1.29, 1.82) is 0 Å². The lowest BCUT2D eigenvalue weighted by molar-refractivity contribution is -0.179. The van der Waals surface area contributed by atoms with Crippen molar-refractivity contribution >= 4 is 11.9 Å². The Morgan fingerprint density at radius 2 is 1.95 bits per heavy atom. The van der Waals surface area contributed by atoms with Gasteiger partial charge in [-0.15, -0.1) is 0 Å². The molecule has 5 heteroatoms. The van der Waals surface area contributed by atoms with Gasteiger partial charge in [0.05, 0.1) is 0 Å². The van der Waals surface area contributed by atoms with Gasteiger partial charge in [-0.2, -0.15) is 5.48 Å². The first-order valence-electron chi connectivity index (χ1n) is 7.10. The minimum atomic E-state index is -0.970. The lowest BCUT2D eigenvalue weighted by atomic mass is 9.75. The average molecular weight is 271 g/mol. The van der Waals surface area contributed by atoms with Gasteiger partial charge in [0.2, 0.25) is 0 Å². The lowest BCUT2D eigenvalue weighted by Gasteiger charge is -2.36. The normalized spacial score (nSPS) is 27.1. The van der Waals surface area contributed by atoms with E-state index in [0.29, 0.717) is 24.3 Å². The molecular weight excluding hydrogens is 246 g/mol. The number of carbonyl (C=O) groups is 2. The Balaban J connectivity index is 2.55. The number of esters is 1. The second-order valence-electron chi connectivity index (χ2n) is 5.66. The number of hydrogen-bond acceptors (Lipinski definition) is 5. The Morgan fingerprint density at radius 3 is 2.53 bits per heavy atom. The molecule has 19 heavy (non-hydrogen) atoms. The standard InChI is InChI=1S/C14H25NO4/c1-5-15-19-14(17)13(16)18-12-8-10(4)6-7-11(12)9(2)3/h9-12,15H,5-8H2,1-4H3/t10-,11+,12-/m1/s1. The summed E-state index contributed by atoms with van der Waals surface area (Å²) in [4.78, 5) is 27.6. The number of rotatable bonds is 4. The second kappa shape index (κ2) is 7.48. The van der Waals surface area contributed by atoms with Crippen molar-refractivity contribution in [2.45, 2.75) is 53.1 Å². The van der Waals surface area contributed by atoms with E-state index in [4.69, 9.17) is 4.74 Å². The third kappa shape index (κ3) is 4.82. The zero-order valence-electron chi connectivity index (χ0n) is 12.3. The third-order valence-electron chi connectivity index (χ3n) is 3.70. The van der Waals surface area contributed by atoms with Crippen molar-refractivity contribution in [2.75, 3.05) is 6.54 Å². The second-order valence-corrected chi connectivity index (χ2v) is 5.66. The fourth-order valence-electron chi connectivity index (χ4n) is 2.62. The Hall–Kier alpha value is -1.10. The van der Waals surface area contributed by atoms with Gasteiger partial charge < -0.3 is 9.57 Å². The van der Waals surface area contributed by atoms with Crippen molar-refractivity contribution in [3.05, 3.63) is 0 Å². The zero-order chi connectivity index (χ0) is 14.4. The number of carbonyl (C=O) groups excluding carboxylic acids is 2. The van der Waals surface area contributed by atoms with Gasteiger partial charge in [0.1, 0.15) is 6.10 Å². The molecule has 3 atom stereocenters. The number of hydroxylamine groups is 1. The topological polar surface area (TPSA) is 64.6 Å². The fourth-order valence-corrected chi connectivity index (χ4v) is 2.62. The number of hydrogen-bond donors (Lipinski definition) is 1. The summed E-state index contributed by atoms with van der Waals surface area (Å²) >= 11 is 0. The van der Waals surface area contributed by atoms with E-state index in [1.54, 1.807) is 6.92 Å². The summed E-state index contributed by atoms with van der Waals surface area (Å²) in [6.07, 6.45) is 2.84. The van der Waals surface area contributed by atoms with E-state index in [9.17, 15) is 9.59 Å². The first-order chi connectivity index (χ1) is 8.95. The molecule has 1 fully saturated rings. The van der Waals surface area contributed by atoms with Crippen molar-refractivity contribution in [3.63, 3.8) is 0 Å². The van der Waals surface area contributed by atoms with Crippen LogP contribution in [-0.2, 0) is 19.2 Å². The molecule has 0 radical (unpaired) electrons. The van der Waals surface area contributed by atoms with Crippen LogP contribution in [0, 0.1) is 17.8 Å². The molecule has 0 saturated heterocycles. The van der Waals surface area contributed by atoms with Crippen LogP contribution in [0.3, 0.4) is 0 Å². The maximum Gasteiger partial charge on any atom is 0.436 e. The highest BCUT2D eigenvalue weighted by molar-refractivity contribution is 6.29. The molecule has 0 aromatic carbocycles. The Labute approximate surface area is 115 Å². The Kier molecular flexibility index (Phi) is 6.28. The number of ether oxygens (including phenoxy) is 1. The Bertz CT molecular complexity index is 317. The van der Waals surface area contributed by atoms with Gasteiger partial charge in [-0.25, -0.2) is 9.59 Å². The minimum Gasteiger partial charge on any atom is -0.454 e. The molecule has 0 heterocycles. The quantitative estimate of drug-likeness (QED) is 0.481. The average Bonchev–Trinajstić information content (AvgIpc) is 2.35. The zero-order valence-corrected chi connectivity index (χ0v) is 12.3. The van der Waals surface area contributed by atoms with Crippen LogP contribution in [-0.4, -0.2) is 24.6 Å². The van der Waals surface area contributed by atoms with Crippen LogP contribution in [0.1, 0.15) is 47.0 Å². The molecule has 0 aliphatic heterocycles. The van der Waals surface area contributed by atoms with Crippen molar-refractivity contribution in [2.24, 2.45) is 17.8 Å². The predicted molar refractivity (Wildman–Crippen MR) is 71.0 cm³/mol. The fraction of sp³-hybridized carbons (Fsp3) is 0.857. The molecule has 0 aromatic heterocycles. The van der Waals surface area contributed by atoms with Gasteiger partial charge in [-0.1, -0.05) is 27.2 Å². The van der Waals surface area contributed by atoms with Crippen LogP contribution in [0.2, 0.25) is 0 Å². The first kappa shape index (κ1) is 16.0. The summed E-state index contributed by atoms with van der Waals surface area (Å²) in [5.41, 5.74) is 2.36. The van der Waals surface area contributed by atoms with Gasteiger partial charge in [0.25, 0.3) is 0 Å². The molecule has 1 aliphatic carbocycles. The molecule has 1 aliphatic rings. The van der Waals surface area contributed by atoms with Crippen molar-refractivity contribution in [3.8, 4) is 0 Å². The van der Waals surface area contributed by atoms with Gasteiger partial charge >= 0.3 is 11.9 Å². The predicted octanol–water partition coefficient (Wildman–Crippen LogP) is 2.06. The summed E-state index contributed by atoms with van der Waals surface area (Å²) in [6, 6.07) is 0. The highest BCUT2D eigenvalue weighted by Crippen LogP contribution is 2.35. The largest absolute Gasteiger partial charge is 0.454 e. The maximum absolute atomic E-state index is 11.7. The van der Waals surface area contributed by atoms with Crippen LogP contribution in [0.25, 0.3) is 0 Å². The van der Waals surface area contributed by atoms with E-state index in [-0.39, 0.29) is 6.10 Å². The van der Waals surface area contributed by atoms with Crippen molar-refractivity contribution < 1.29 is 19.2 Å². The van der Waals surface area contributed by atoms with E-state index in [1.807, 2.05) is 0 Å². The highest BCUT2D eigenvalue weighted by atomic mass is 16.7. The molecule has 0 amide bonds. The smallest absolute Gasteiger partial charge is 0.436 e. The molecule has 110 valence electrons. The summed E-state index contributed by atoms with van der Waals surface area (Å²) < 4.78 is 5.34. The van der Waals surface area contributed by atoms with Crippen LogP contribution in [0.5, 0.6) is 0 Å². The molecule has 5 nitrogen and oxygen atoms in total. The van der Waals surface area contributed by atoms with E-state index in [1.165, 1.54) is 0 Å². The summed E-state index contributed by atoms with van der Waals surface area (Å²) in [5, 5.41) is 0. The highest BCUT2D eigenvalue weighted by Gasteiger charge is 2.35. The van der Waals surface area contributed by atoms with Crippen LogP contribution in [0.4, 0.5) is 0 Å². The van der Waals surface area contributed by atoms with Gasteiger partial charge in [-0.05, 0) is 37.5 Å². The van der Waals surface area contributed by atoms with Crippen LogP contribution in [0.15, 0.2) is 0 Å². The molecule has 1 N–H and O–H groups in total. The maximum atomic E-state index is 11.7. The van der Waals surface area contributed by atoms with Crippen LogP contribution < -0.4 is 5.48 Å². The summed E-state index contributed by atoms with van der Waals surface area (Å²) in [6.45, 7) is 8.62. The van der Waals surface area contributed by atoms with Gasteiger partial charge in [0, 0.05) is 6.54 Å². The molecule has 0 unspecified atom stereocenters. The molecule has 0 spiro atoms.